The van der Waals surface area contributed by atoms with E-state index in [1.54, 1.807) is 11.0 Å². The molecular weight excluding hydrogens is 180 g/mol. The van der Waals surface area contributed by atoms with Crippen molar-refractivity contribution in [2.24, 2.45) is 5.73 Å². The van der Waals surface area contributed by atoms with Crippen LogP contribution in [0.5, 0.6) is 0 Å². The fraction of sp³-hybridized carbons (Fsp3) is 0.700. The van der Waals surface area contributed by atoms with Crippen LogP contribution in [0.4, 0.5) is 4.79 Å². The zero-order valence-corrected chi connectivity index (χ0v) is 9.04. The summed E-state index contributed by atoms with van der Waals surface area (Å²) in [6.07, 6.45) is 1.37. The van der Waals surface area contributed by atoms with Crippen LogP contribution in [0.2, 0.25) is 0 Å². The number of amides is 1. The summed E-state index contributed by atoms with van der Waals surface area (Å²) in [6.45, 7) is 10.1. The van der Waals surface area contributed by atoms with E-state index in [-0.39, 0.29) is 6.09 Å². The topological polar surface area (TPSA) is 55.6 Å². The lowest BCUT2D eigenvalue weighted by Gasteiger charge is -2.45. The highest BCUT2D eigenvalue weighted by molar-refractivity contribution is 5.70. The average molecular weight is 198 g/mol. The van der Waals surface area contributed by atoms with E-state index in [0.717, 1.165) is 0 Å². The molecule has 0 spiro atoms. The Labute approximate surface area is 84.7 Å². The summed E-state index contributed by atoms with van der Waals surface area (Å²) in [4.78, 5) is 13.0. The van der Waals surface area contributed by atoms with Crippen molar-refractivity contribution < 1.29 is 9.53 Å². The zero-order valence-electron chi connectivity index (χ0n) is 9.04. The van der Waals surface area contributed by atoms with Gasteiger partial charge < -0.3 is 15.4 Å². The van der Waals surface area contributed by atoms with E-state index in [1.165, 1.54) is 0 Å². The molecule has 0 unspecified atom stereocenters. The number of carbonyl (C=O) groups is 1. The first-order valence-electron chi connectivity index (χ1n) is 4.66. The molecule has 4 heteroatoms. The highest BCUT2D eigenvalue weighted by atomic mass is 16.6. The van der Waals surface area contributed by atoms with E-state index < -0.39 is 11.1 Å². The Bertz CT molecular complexity index is 249. The molecule has 1 aliphatic heterocycles. The Morgan fingerprint density at radius 2 is 2.07 bits per heavy atom. The molecule has 0 aromatic heterocycles. The summed E-state index contributed by atoms with van der Waals surface area (Å²) in [5.74, 6) is 0. The molecule has 1 fully saturated rings. The first-order valence-corrected chi connectivity index (χ1v) is 4.66. The van der Waals surface area contributed by atoms with Crippen LogP contribution in [-0.2, 0) is 4.74 Å². The highest BCUT2D eigenvalue weighted by Crippen LogP contribution is 2.21. The quantitative estimate of drug-likeness (QED) is 0.642. The first kappa shape index (κ1) is 11.0. The van der Waals surface area contributed by atoms with Crippen molar-refractivity contribution in [3.8, 4) is 0 Å². The number of carbonyl (C=O) groups excluding carboxylic acids is 1. The third-order valence-electron chi connectivity index (χ3n) is 2.03. The predicted molar refractivity (Wildman–Crippen MR) is 54.9 cm³/mol. The third kappa shape index (κ3) is 2.48. The van der Waals surface area contributed by atoms with E-state index in [1.807, 2.05) is 20.8 Å². The SMILES string of the molecule is C=CC1(N)CN(C(=O)OC(C)(C)C)C1. The largest absolute Gasteiger partial charge is 0.444 e. The average Bonchev–Trinajstić information content (AvgIpc) is 1.95. The van der Waals surface area contributed by atoms with Gasteiger partial charge in [0.1, 0.15) is 5.60 Å². The van der Waals surface area contributed by atoms with Gasteiger partial charge >= 0.3 is 6.09 Å². The van der Waals surface area contributed by atoms with Gasteiger partial charge in [-0.3, -0.25) is 0 Å². The molecule has 14 heavy (non-hydrogen) atoms. The summed E-state index contributed by atoms with van der Waals surface area (Å²) >= 11 is 0. The summed E-state index contributed by atoms with van der Waals surface area (Å²) in [5, 5.41) is 0. The number of likely N-dealkylation sites (tertiary alicyclic amines) is 1. The number of hydrogen-bond donors (Lipinski definition) is 1. The first-order chi connectivity index (χ1) is 6.26. The number of rotatable bonds is 1. The minimum absolute atomic E-state index is 0.305. The second kappa shape index (κ2) is 3.28. The van der Waals surface area contributed by atoms with Crippen LogP contribution in [0, 0.1) is 0 Å². The number of nitrogens with two attached hydrogens (primary N) is 1. The summed E-state index contributed by atoms with van der Waals surface area (Å²) < 4.78 is 5.18. The molecule has 0 bridgehead atoms. The molecule has 1 rings (SSSR count). The van der Waals surface area contributed by atoms with Gasteiger partial charge in [-0.2, -0.15) is 0 Å². The van der Waals surface area contributed by atoms with Crippen molar-refractivity contribution in [1.29, 1.82) is 0 Å². The lowest BCUT2D eigenvalue weighted by atomic mass is 9.92. The molecule has 4 nitrogen and oxygen atoms in total. The lowest BCUT2D eigenvalue weighted by Crippen LogP contribution is -2.67. The fourth-order valence-corrected chi connectivity index (χ4v) is 1.25. The monoisotopic (exact) mass is 198 g/mol. The molecule has 0 aliphatic carbocycles. The van der Waals surface area contributed by atoms with E-state index >= 15 is 0 Å². The number of nitrogens with zero attached hydrogens (tertiary/aromatic N) is 1. The minimum atomic E-state index is -0.446. The smallest absolute Gasteiger partial charge is 0.410 e. The molecule has 0 aromatic rings. The van der Waals surface area contributed by atoms with Crippen molar-refractivity contribution in [3.63, 3.8) is 0 Å². The van der Waals surface area contributed by atoms with Crippen LogP contribution in [0.15, 0.2) is 12.7 Å². The van der Waals surface area contributed by atoms with Crippen molar-refractivity contribution in [1.82, 2.24) is 4.90 Å². The second-order valence-electron chi connectivity index (χ2n) is 4.77. The lowest BCUT2D eigenvalue weighted by molar-refractivity contribution is -0.000103. The third-order valence-corrected chi connectivity index (χ3v) is 2.03. The van der Waals surface area contributed by atoms with Gasteiger partial charge in [0, 0.05) is 13.1 Å². The van der Waals surface area contributed by atoms with Gasteiger partial charge in [-0.1, -0.05) is 6.08 Å². The van der Waals surface area contributed by atoms with Crippen molar-refractivity contribution in [3.05, 3.63) is 12.7 Å². The molecule has 0 saturated carbocycles. The Morgan fingerprint density at radius 1 is 1.57 bits per heavy atom. The van der Waals surface area contributed by atoms with Crippen LogP contribution in [0.25, 0.3) is 0 Å². The van der Waals surface area contributed by atoms with Crippen LogP contribution in [0.1, 0.15) is 20.8 Å². The summed E-state index contributed by atoms with van der Waals surface area (Å²) in [6, 6.07) is 0. The predicted octanol–water partition coefficient (Wildman–Crippen LogP) is 1.12. The molecule has 1 aliphatic rings. The fourth-order valence-electron chi connectivity index (χ4n) is 1.25. The van der Waals surface area contributed by atoms with Gasteiger partial charge in [-0.05, 0) is 20.8 Å². The molecule has 0 radical (unpaired) electrons. The van der Waals surface area contributed by atoms with Gasteiger partial charge in [-0.15, -0.1) is 6.58 Å². The van der Waals surface area contributed by atoms with E-state index in [2.05, 4.69) is 6.58 Å². The van der Waals surface area contributed by atoms with Crippen molar-refractivity contribution >= 4 is 6.09 Å². The Morgan fingerprint density at radius 3 is 2.43 bits per heavy atom. The van der Waals surface area contributed by atoms with E-state index in [9.17, 15) is 4.79 Å². The molecule has 0 aromatic carbocycles. The van der Waals surface area contributed by atoms with Crippen LogP contribution >= 0.6 is 0 Å². The highest BCUT2D eigenvalue weighted by Gasteiger charge is 2.41. The molecule has 1 heterocycles. The number of hydrogen-bond acceptors (Lipinski definition) is 3. The zero-order chi connectivity index (χ0) is 11.0. The Balaban J connectivity index is 2.41. The maximum atomic E-state index is 11.5. The molecular formula is C10H18N2O2. The molecule has 80 valence electrons. The summed E-state index contributed by atoms with van der Waals surface area (Å²) in [7, 11) is 0. The molecule has 1 amide bonds. The van der Waals surface area contributed by atoms with Crippen LogP contribution < -0.4 is 5.73 Å². The van der Waals surface area contributed by atoms with Crippen LogP contribution in [0.3, 0.4) is 0 Å². The van der Waals surface area contributed by atoms with Gasteiger partial charge in [-0.25, -0.2) is 4.79 Å². The van der Waals surface area contributed by atoms with Gasteiger partial charge in [0.2, 0.25) is 0 Å². The minimum Gasteiger partial charge on any atom is -0.444 e. The number of ether oxygens (including phenoxy) is 1. The molecule has 0 atom stereocenters. The Kier molecular flexibility index (Phi) is 2.58. The summed E-state index contributed by atoms with van der Waals surface area (Å²) in [5.41, 5.74) is 4.96. The van der Waals surface area contributed by atoms with Crippen molar-refractivity contribution in [2.75, 3.05) is 13.1 Å². The maximum Gasteiger partial charge on any atom is 0.410 e. The van der Waals surface area contributed by atoms with Gasteiger partial charge in [0.25, 0.3) is 0 Å². The molecule has 2 N–H and O–H groups in total. The Hall–Kier alpha value is -1.03. The maximum absolute atomic E-state index is 11.5. The normalized spacial score (nSPS) is 19.9. The van der Waals surface area contributed by atoms with E-state index in [4.69, 9.17) is 10.5 Å². The van der Waals surface area contributed by atoms with Gasteiger partial charge in [0.05, 0.1) is 5.54 Å². The van der Waals surface area contributed by atoms with Crippen LogP contribution in [-0.4, -0.2) is 35.2 Å². The van der Waals surface area contributed by atoms with E-state index in [0.29, 0.717) is 13.1 Å². The van der Waals surface area contributed by atoms with Crippen molar-refractivity contribution in [2.45, 2.75) is 31.9 Å². The molecule has 1 saturated heterocycles. The second-order valence-corrected chi connectivity index (χ2v) is 4.77. The standard InChI is InChI=1S/C10H18N2O2/c1-5-10(11)6-12(7-10)8(13)14-9(2,3)4/h5H,1,6-7,11H2,2-4H3. The van der Waals surface area contributed by atoms with Gasteiger partial charge in [0.15, 0.2) is 0 Å².